The zero-order valence-electron chi connectivity index (χ0n) is 46.6. The monoisotopic (exact) mass is 1050 g/mol. The van der Waals surface area contributed by atoms with Crippen LogP contribution in [-0.4, -0.2) is 94.9 Å². The maximum absolute atomic E-state index is 13.8. The highest BCUT2D eigenvalue weighted by atomic mass is 16.5. The van der Waals surface area contributed by atoms with Crippen molar-refractivity contribution in [2.75, 3.05) is 13.2 Å². The van der Waals surface area contributed by atoms with E-state index in [0.717, 1.165) is 89.9 Å². The molecule has 0 spiro atoms. The lowest BCUT2D eigenvalue weighted by molar-refractivity contribution is -0.158. The molecule has 8 rings (SSSR count). The molecule has 13 unspecified atom stereocenters. The van der Waals surface area contributed by atoms with E-state index in [9.17, 15) is 39.4 Å². The molecule has 14 heteroatoms. The Morgan fingerprint density at radius 1 is 0.493 bits per heavy atom. The maximum atomic E-state index is 13.8. The van der Waals surface area contributed by atoms with Crippen molar-refractivity contribution in [1.29, 1.82) is 0 Å². The number of carboxylic acids is 2. The number of hydrogen-bond donors (Lipinski definition) is 5. The van der Waals surface area contributed by atoms with E-state index >= 15 is 0 Å². The number of carbonyl (C=O) groups is 5. The van der Waals surface area contributed by atoms with Crippen LogP contribution in [0.1, 0.15) is 220 Å². The van der Waals surface area contributed by atoms with Gasteiger partial charge in [-0.15, -0.1) is 0 Å². The predicted octanol–water partition coefficient (Wildman–Crippen LogP) is 11.5. The van der Waals surface area contributed by atoms with Gasteiger partial charge in [0.2, 0.25) is 5.91 Å². The van der Waals surface area contributed by atoms with Crippen molar-refractivity contribution in [3.63, 3.8) is 0 Å². The van der Waals surface area contributed by atoms with Gasteiger partial charge in [-0.25, -0.2) is 5.48 Å². The molecule has 5 N–H and O–H groups in total. The van der Waals surface area contributed by atoms with Crippen molar-refractivity contribution < 1.29 is 58.3 Å². The minimum atomic E-state index is -0.963. The summed E-state index contributed by atoms with van der Waals surface area (Å²) in [4.78, 5) is 65.1. The molecule has 8 saturated carbocycles. The van der Waals surface area contributed by atoms with Crippen LogP contribution in [-0.2, 0) is 42.9 Å². The molecule has 1 amide bonds. The normalized spacial score (nSPS) is 38.1. The average Bonchev–Trinajstić information content (AvgIpc) is 3.41. The summed E-state index contributed by atoms with van der Waals surface area (Å²) < 4.78 is 25.3. The molecule has 426 valence electrons. The van der Waals surface area contributed by atoms with Gasteiger partial charge in [-0.1, -0.05) is 66.2 Å². The topological polar surface area (TPSA) is 207 Å². The van der Waals surface area contributed by atoms with Crippen molar-refractivity contribution in [2.24, 2.45) is 82.3 Å². The molecule has 8 aliphatic rings. The Hall–Kier alpha value is -2.81. The lowest BCUT2D eigenvalue weighted by Crippen LogP contribution is -2.51. The molecule has 0 aromatic carbocycles. The number of aliphatic carboxylic acids is 2. The minimum absolute atomic E-state index is 0.0469. The zero-order valence-corrected chi connectivity index (χ0v) is 46.6. The minimum Gasteiger partial charge on any atom is -0.481 e. The number of carbonyl (C=O) groups excluding carboxylic acids is 3. The molecule has 75 heavy (non-hydrogen) atoms. The molecule has 8 fully saturated rings. The van der Waals surface area contributed by atoms with E-state index in [1.807, 2.05) is 0 Å². The number of hydroxylamine groups is 1. The number of ether oxygens (including phenoxy) is 4. The van der Waals surface area contributed by atoms with Gasteiger partial charge in [0.15, 0.2) is 0 Å². The van der Waals surface area contributed by atoms with Gasteiger partial charge in [0.25, 0.3) is 0 Å². The Morgan fingerprint density at radius 3 is 1.44 bits per heavy atom. The van der Waals surface area contributed by atoms with Crippen LogP contribution in [0.25, 0.3) is 0 Å². The molecule has 14 nitrogen and oxygen atoms in total. The molecule has 13 atom stereocenters. The lowest BCUT2D eigenvalue weighted by atomic mass is 9.60. The Kier molecular flexibility index (Phi) is 21.3. The van der Waals surface area contributed by atoms with Gasteiger partial charge in [-0.3, -0.25) is 24.0 Å². The standard InChI is InChI=1S/C61H100N2O12/c1-37-31-47(25-29-49(37)55(63-71)52-33-41(15-27-50(52)57(65)66)59(69)72-35-39-11-7-5-8-12-39)74-45-21-17-43(18-22-45)61(3,4)44-19-23-46(24-20-44)75-48-26-30-54(38(2)32-48)62-56(64)53-34-42(16-28-51(53)58(67)68)60(70)73-36-40-13-9-6-10-14-40/h37-55,63,71H,5-36H2,1-4H3,(H,62,64)(H,65,66)(H,67,68). The molecule has 0 aromatic heterocycles. The third-order valence-corrected chi connectivity index (χ3v) is 21.7. The number of rotatable bonds is 19. The molecule has 8 aliphatic carbocycles. The molecular weight excluding hydrogens is 953 g/mol. The summed E-state index contributed by atoms with van der Waals surface area (Å²) in [5, 5.41) is 34.2. The van der Waals surface area contributed by atoms with Gasteiger partial charge < -0.3 is 39.7 Å². The summed E-state index contributed by atoms with van der Waals surface area (Å²) in [5.74, 6) is -3.14. The molecule has 0 aromatic rings. The fraction of sp³-hybridized carbons (Fsp3) is 0.918. The zero-order chi connectivity index (χ0) is 53.2. The van der Waals surface area contributed by atoms with Gasteiger partial charge in [-0.2, -0.15) is 0 Å². The number of amides is 1. The van der Waals surface area contributed by atoms with Crippen molar-refractivity contribution in [3.05, 3.63) is 0 Å². The first-order chi connectivity index (χ1) is 36.1. The van der Waals surface area contributed by atoms with E-state index in [0.29, 0.717) is 69.0 Å². The summed E-state index contributed by atoms with van der Waals surface area (Å²) in [6.45, 7) is 10.3. The second kappa shape index (κ2) is 27.4. The largest absolute Gasteiger partial charge is 0.481 e. The first-order valence-corrected chi connectivity index (χ1v) is 30.9. The van der Waals surface area contributed by atoms with E-state index in [1.54, 1.807) is 0 Å². The van der Waals surface area contributed by atoms with Gasteiger partial charge in [0.05, 0.1) is 67.2 Å². The summed E-state index contributed by atoms with van der Waals surface area (Å²) in [6.07, 6.45) is 28.8. The van der Waals surface area contributed by atoms with Crippen LogP contribution >= 0.6 is 0 Å². The fourth-order valence-electron chi connectivity index (χ4n) is 16.7. The second-order valence-corrected chi connectivity index (χ2v) is 26.7. The number of nitrogens with one attached hydrogen (secondary N) is 2. The van der Waals surface area contributed by atoms with E-state index < -0.39 is 41.7 Å². The Balaban J connectivity index is 0.728. The van der Waals surface area contributed by atoms with Crippen LogP contribution in [0.4, 0.5) is 0 Å². The quantitative estimate of drug-likeness (QED) is 0.0604. The van der Waals surface area contributed by atoms with Gasteiger partial charge >= 0.3 is 23.9 Å². The molecule has 0 saturated heterocycles. The summed E-state index contributed by atoms with van der Waals surface area (Å²) in [6, 6.07) is -0.454. The molecule has 0 radical (unpaired) electrons. The highest BCUT2D eigenvalue weighted by Gasteiger charge is 2.48. The Labute approximate surface area is 449 Å². The van der Waals surface area contributed by atoms with Gasteiger partial charge in [-0.05, 0) is 207 Å². The van der Waals surface area contributed by atoms with E-state index in [1.165, 1.54) is 64.2 Å². The summed E-state index contributed by atoms with van der Waals surface area (Å²) >= 11 is 0. The Morgan fingerprint density at radius 2 is 0.960 bits per heavy atom. The third-order valence-electron chi connectivity index (χ3n) is 21.7. The van der Waals surface area contributed by atoms with Crippen LogP contribution in [0.3, 0.4) is 0 Å². The van der Waals surface area contributed by atoms with Gasteiger partial charge in [0.1, 0.15) is 0 Å². The molecular formula is C61H100N2O12. The lowest BCUT2D eigenvalue weighted by Gasteiger charge is -2.48. The second-order valence-electron chi connectivity index (χ2n) is 26.7. The van der Waals surface area contributed by atoms with Crippen molar-refractivity contribution >= 4 is 29.8 Å². The molecule has 0 aliphatic heterocycles. The third kappa shape index (κ3) is 15.3. The van der Waals surface area contributed by atoms with Crippen LogP contribution < -0.4 is 10.8 Å². The highest BCUT2D eigenvalue weighted by Crippen LogP contribution is 2.50. The number of esters is 2. The van der Waals surface area contributed by atoms with Crippen molar-refractivity contribution in [2.45, 2.75) is 257 Å². The first kappa shape index (κ1) is 58.3. The SMILES string of the molecule is CC1CC(OC2CCC(C(C)(C)C3CCC(OC4CCC(C(NO)C5CC(C(=O)OCC6CCCCC6)CCC5C(=O)O)C(C)C4)CC3)CC2)CCC1NC(=O)C1CC(C(=O)OCC2CCCCC2)CCC1C(=O)O. The van der Waals surface area contributed by atoms with E-state index in [4.69, 9.17) is 18.9 Å². The van der Waals surface area contributed by atoms with Crippen LogP contribution in [0.15, 0.2) is 0 Å². The van der Waals surface area contributed by atoms with Crippen LogP contribution in [0.2, 0.25) is 0 Å². The van der Waals surface area contributed by atoms with E-state index in [2.05, 4.69) is 38.5 Å². The maximum Gasteiger partial charge on any atom is 0.308 e. The fourth-order valence-corrected chi connectivity index (χ4v) is 16.7. The van der Waals surface area contributed by atoms with Crippen molar-refractivity contribution in [1.82, 2.24) is 10.8 Å². The summed E-state index contributed by atoms with van der Waals surface area (Å²) in [7, 11) is 0. The first-order valence-electron chi connectivity index (χ1n) is 30.9. The average molecular weight is 1050 g/mol. The summed E-state index contributed by atoms with van der Waals surface area (Å²) in [5.41, 5.74) is 2.82. The number of carboxylic acid groups (broad SMARTS) is 2. The van der Waals surface area contributed by atoms with Gasteiger partial charge in [0, 0.05) is 12.1 Å². The molecule has 0 bridgehead atoms. The smallest absolute Gasteiger partial charge is 0.308 e. The van der Waals surface area contributed by atoms with Crippen molar-refractivity contribution in [3.8, 4) is 0 Å². The highest BCUT2D eigenvalue weighted by molar-refractivity contribution is 5.86. The molecule has 0 heterocycles. The predicted molar refractivity (Wildman–Crippen MR) is 284 cm³/mol. The van der Waals surface area contributed by atoms with Crippen LogP contribution in [0, 0.1) is 82.3 Å². The number of hydrogen-bond acceptors (Lipinski definition) is 11. The Bertz CT molecular complexity index is 1850. The van der Waals surface area contributed by atoms with E-state index in [-0.39, 0.29) is 89.7 Å². The van der Waals surface area contributed by atoms with Crippen LogP contribution in [0.5, 0.6) is 0 Å².